The second kappa shape index (κ2) is 11.1. The Kier molecular flexibility index (Phi) is 9.95. The summed E-state index contributed by atoms with van der Waals surface area (Å²) in [5.74, 6) is 1.31. The zero-order valence-corrected chi connectivity index (χ0v) is 17.8. The zero-order valence-electron chi connectivity index (χ0n) is 15.5. The molecule has 1 amide bonds. The number of halogens is 1. The molecule has 140 valence electrons. The molecule has 2 heterocycles. The predicted molar refractivity (Wildman–Crippen MR) is 110 cm³/mol. The largest absolute Gasteiger partial charge is 0.357 e. The van der Waals surface area contributed by atoms with Crippen LogP contribution in [0.2, 0.25) is 0 Å². The van der Waals surface area contributed by atoms with Gasteiger partial charge in [-0.2, -0.15) is 0 Å². The van der Waals surface area contributed by atoms with Crippen LogP contribution in [-0.2, 0) is 4.79 Å². The topological polar surface area (TPSA) is 51.2 Å². The molecule has 1 N–H and O–H groups in total. The lowest BCUT2D eigenvalue weighted by Gasteiger charge is -2.26. The fourth-order valence-corrected chi connectivity index (χ4v) is 3.48. The molecule has 1 atom stereocenters. The molecule has 0 spiro atoms. The Morgan fingerprint density at radius 1 is 1.21 bits per heavy atom. The number of carbonyl (C=O) groups is 1. The standard InChI is InChI=1S/C17H33N5O.HI/c1-4-18-17(22-11-5-6-12-22)19-10-8-14-21-13-7-9-15(21)16(23)20(2)3;/h15H,4-14H2,1-3H3,(H,18,19);1H. The second-order valence-corrected chi connectivity index (χ2v) is 6.71. The number of rotatable bonds is 6. The van der Waals surface area contributed by atoms with Crippen LogP contribution in [0.3, 0.4) is 0 Å². The van der Waals surface area contributed by atoms with Gasteiger partial charge in [-0.25, -0.2) is 0 Å². The highest BCUT2D eigenvalue weighted by atomic mass is 127. The number of carbonyl (C=O) groups excluding carboxylic acids is 1. The van der Waals surface area contributed by atoms with Crippen LogP contribution in [-0.4, -0.2) is 86.0 Å². The first-order valence-electron chi connectivity index (χ1n) is 9.12. The van der Waals surface area contributed by atoms with Gasteiger partial charge in [0, 0.05) is 46.8 Å². The van der Waals surface area contributed by atoms with E-state index in [1.54, 1.807) is 4.90 Å². The maximum absolute atomic E-state index is 12.2. The second-order valence-electron chi connectivity index (χ2n) is 6.71. The van der Waals surface area contributed by atoms with Crippen LogP contribution in [0, 0.1) is 0 Å². The van der Waals surface area contributed by atoms with Crippen molar-refractivity contribution >= 4 is 35.8 Å². The average Bonchev–Trinajstić information content (AvgIpc) is 3.20. The molecule has 2 aliphatic heterocycles. The van der Waals surface area contributed by atoms with E-state index in [1.807, 2.05) is 14.1 Å². The smallest absolute Gasteiger partial charge is 0.239 e. The molecule has 0 bridgehead atoms. The summed E-state index contributed by atoms with van der Waals surface area (Å²) in [6.07, 6.45) is 5.68. The van der Waals surface area contributed by atoms with Gasteiger partial charge in [0.05, 0.1) is 6.04 Å². The molecule has 24 heavy (non-hydrogen) atoms. The van der Waals surface area contributed by atoms with Crippen molar-refractivity contribution in [2.24, 2.45) is 4.99 Å². The Hall–Kier alpha value is -0.570. The third kappa shape index (κ3) is 6.06. The van der Waals surface area contributed by atoms with Crippen LogP contribution in [0.5, 0.6) is 0 Å². The van der Waals surface area contributed by atoms with E-state index < -0.39 is 0 Å². The summed E-state index contributed by atoms with van der Waals surface area (Å²) in [7, 11) is 3.70. The first kappa shape index (κ1) is 21.5. The van der Waals surface area contributed by atoms with E-state index in [0.29, 0.717) is 0 Å². The molecule has 6 nitrogen and oxygen atoms in total. The number of amides is 1. The molecule has 2 aliphatic rings. The highest BCUT2D eigenvalue weighted by Crippen LogP contribution is 2.18. The van der Waals surface area contributed by atoms with Crippen molar-refractivity contribution in [1.29, 1.82) is 0 Å². The molecule has 0 aromatic rings. The highest BCUT2D eigenvalue weighted by molar-refractivity contribution is 14.0. The Balaban J connectivity index is 0.00000288. The van der Waals surface area contributed by atoms with E-state index in [4.69, 9.17) is 4.99 Å². The number of aliphatic imine (C=N–C) groups is 1. The molecule has 2 saturated heterocycles. The Morgan fingerprint density at radius 2 is 1.92 bits per heavy atom. The van der Waals surface area contributed by atoms with E-state index in [-0.39, 0.29) is 35.9 Å². The highest BCUT2D eigenvalue weighted by Gasteiger charge is 2.30. The van der Waals surface area contributed by atoms with Crippen LogP contribution in [0.4, 0.5) is 0 Å². The first-order valence-corrected chi connectivity index (χ1v) is 9.12. The minimum absolute atomic E-state index is 0. The van der Waals surface area contributed by atoms with Crippen molar-refractivity contribution in [3.05, 3.63) is 0 Å². The molecule has 1 unspecified atom stereocenters. The third-order valence-electron chi connectivity index (χ3n) is 4.69. The van der Waals surface area contributed by atoms with Gasteiger partial charge in [0.15, 0.2) is 5.96 Å². The maximum atomic E-state index is 12.2. The summed E-state index contributed by atoms with van der Waals surface area (Å²) in [5.41, 5.74) is 0. The fourth-order valence-electron chi connectivity index (χ4n) is 3.48. The lowest BCUT2D eigenvalue weighted by molar-refractivity contribution is -0.133. The molecule has 0 aliphatic carbocycles. The van der Waals surface area contributed by atoms with Crippen molar-refractivity contribution in [3.63, 3.8) is 0 Å². The molecule has 0 aromatic heterocycles. The number of nitrogens with zero attached hydrogens (tertiary/aromatic N) is 4. The van der Waals surface area contributed by atoms with E-state index >= 15 is 0 Å². The summed E-state index contributed by atoms with van der Waals surface area (Å²) >= 11 is 0. The van der Waals surface area contributed by atoms with Crippen molar-refractivity contribution in [2.45, 2.75) is 45.1 Å². The number of guanidine groups is 1. The van der Waals surface area contributed by atoms with E-state index in [9.17, 15) is 4.79 Å². The van der Waals surface area contributed by atoms with Crippen molar-refractivity contribution in [2.75, 3.05) is 53.4 Å². The maximum Gasteiger partial charge on any atom is 0.239 e. The number of likely N-dealkylation sites (tertiary alicyclic amines) is 2. The van der Waals surface area contributed by atoms with Gasteiger partial charge >= 0.3 is 0 Å². The Bertz CT molecular complexity index is 410. The first-order chi connectivity index (χ1) is 11.1. The van der Waals surface area contributed by atoms with E-state index in [1.165, 1.54) is 12.8 Å². The number of hydrogen-bond acceptors (Lipinski definition) is 3. The monoisotopic (exact) mass is 451 g/mol. The van der Waals surface area contributed by atoms with E-state index in [2.05, 4.69) is 22.0 Å². The van der Waals surface area contributed by atoms with Gasteiger partial charge in [0.25, 0.3) is 0 Å². The van der Waals surface area contributed by atoms with Crippen LogP contribution in [0.1, 0.15) is 39.0 Å². The predicted octanol–water partition coefficient (Wildman–Crippen LogP) is 1.61. The molecule has 0 radical (unpaired) electrons. The van der Waals surface area contributed by atoms with E-state index in [0.717, 1.165) is 64.5 Å². The summed E-state index contributed by atoms with van der Waals surface area (Å²) in [6.45, 7) is 8.12. The van der Waals surface area contributed by atoms with Crippen LogP contribution < -0.4 is 5.32 Å². The summed E-state index contributed by atoms with van der Waals surface area (Å²) in [4.78, 5) is 23.4. The van der Waals surface area contributed by atoms with Gasteiger partial charge in [-0.15, -0.1) is 24.0 Å². The minimum Gasteiger partial charge on any atom is -0.357 e. The number of hydrogen-bond donors (Lipinski definition) is 1. The number of likely N-dealkylation sites (N-methyl/N-ethyl adjacent to an activating group) is 1. The van der Waals surface area contributed by atoms with Gasteiger partial charge in [0.2, 0.25) is 5.91 Å². The average molecular weight is 451 g/mol. The lowest BCUT2D eigenvalue weighted by atomic mass is 10.2. The van der Waals surface area contributed by atoms with Crippen LogP contribution in [0.25, 0.3) is 0 Å². The SMILES string of the molecule is CCNC(=NCCCN1CCCC1C(=O)N(C)C)N1CCCC1.I. The van der Waals surface area contributed by atoms with Crippen LogP contribution in [0.15, 0.2) is 4.99 Å². The lowest BCUT2D eigenvalue weighted by Crippen LogP contribution is -2.43. The van der Waals surface area contributed by atoms with Gasteiger partial charge in [0.1, 0.15) is 0 Å². The molecule has 2 rings (SSSR count). The molecular formula is C17H34IN5O. The Morgan fingerprint density at radius 3 is 2.54 bits per heavy atom. The van der Waals surface area contributed by atoms with Crippen molar-refractivity contribution in [3.8, 4) is 0 Å². The summed E-state index contributed by atoms with van der Waals surface area (Å²) in [6, 6.07) is 0.0841. The van der Waals surface area contributed by atoms with Crippen LogP contribution >= 0.6 is 24.0 Å². The van der Waals surface area contributed by atoms with Crippen molar-refractivity contribution < 1.29 is 4.79 Å². The molecule has 7 heteroatoms. The molecular weight excluding hydrogens is 417 g/mol. The Labute approximate surface area is 164 Å². The third-order valence-corrected chi connectivity index (χ3v) is 4.69. The fraction of sp³-hybridized carbons (Fsp3) is 0.882. The van der Waals surface area contributed by atoms with Gasteiger partial charge in [-0.1, -0.05) is 0 Å². The number of nitrogens with one attached hydrogen (secondary N) is 1. The normalized spacial score (nSPS) is 21.7. The molecule has 0 aromatic carbocycles. The zero-order chi connectivity index (χ0) is 16.7. The van der Waals surface area contributed by atoms with Gasteiger partial charge < -0.3 is 15.1 Å². The molecule has 2 fully saturated rings. The van der Waals surface area contributed by atoms with Gasteiger partial charge in [-0.05, 0) is 45.6 Å². The van der Waals surface area contributed by atoms with Gasteiger partial charge in [-0.3, -0.25) is 14.7 Å². The molecule has 0 saturated carbocycles. The quantitative estimate of drug-likeness (QED) is 0.289. The minimum atomic E-state index is 0. The summed E-state index contributed by atoms with van der Waals surface area (Å²) < 4.78 is 0. The van der Waals surface area contributed by atoms with Crippen molar-refractivity contribution in [1.82, 2.24) is 20.0 Å². The summed E-state index contributed by atoms with van der Waals surface area (Å²) in [5, 5.41) is 3.40.